The van der Waals surface area contributed by atoms with E-state index in [1.807, 2.05) is 29.6 Å². The lowest BCUT2D eigenvalue weighted by Crippen LogP contribution is -2.87. The lowest BCUT2D eigenvalue weighted by Gasteiger charge is -2.30. The molecule has 0 unspecified atom stereocenters. The number of thioether (sulfide) groups is 1. The molecule has 0 aromatic heterocycles. The number of quaternary nitrogens is 1. The largest absolute Gasteiger partial charge is 0.468 e. The number of ether oxygens (including phenoxy) is 1. The predicted octanol–water partition coefficient (Wildman–Crippen LogP) is 1.08. The van der Waals surface area contributed by atoms with Crippen LogP contribution in [0.15, 0.2) is 24.3 Å². The summed E-state index contributed by atoms with van der Waals surface area (Å²) in [5.74, 6) is 0.559. The highest BCUT2D eigenvalue weighted by Gasteiger charge is 2.30. The molecule has 1 fully saturated rings. The summed E-state index contributed by atoms with van der Waals surface area (Å²) in [6.07, 6.45) is 0. The first-order valence-electron chi connectivity index (χ1n) is 7.57. The molecule has 2 N–H and O–H groups in total. The number of nitrogens with zero attached hydrogens (tertiary/aromatic N) is 1. The molecule has 0 bridgehead atoms. The predicted molar refractivity (Wildman–Crippen MR) is 91.5 cm³/mol. The average molecular weight is 358 g/mol. The number of methoxy groups -OCH3 is 1. The summed E-state index contributed by atoms with van der Waals surface area (Å²) in [5, 5.41) is 2.43. The van der Waals surface area contributed by atoms with Crippen LogP contribution in [0.5, 0.6) is 0 Å². The maximum Gasteiger partial charge on any atom is 0.320 e. The minimum absolute atomic E-state index is 0.0556. The third-order valence-electron chi connectivity index (χ3n) is 3.93. The Morgan fingerprint density at radius 2 is 2.13 bits per heavy atom. The van der Waals surface area contributed by atoms with Crippen molar-refractivity contribution in [2.24, 2.45) is 0 Å². The van der Waals surface area contributed by atoms with Gasteiger partial charge in [0.15, 0.2) is 6.54 Å². The van der Waals surface area contributed by atoms with E-state index in [1.165, 1.54) is 7.11 Å². The van der Waals surface area contributed by atoms with Gasteiger partial charge in [-0.05, 0) is 19.1 Å². The van der Waals surface area contributed by atoms with Crippen LogP contribution in [-0.4, -0.2) is 54.5 Å². The topological polar surface area (TPSA) is 63.2 Å². The van der Waals surface area contributed by atoms with E-state index in [1.54, 1.807) is 16.7 Å². The van der Waals surface area contributed by atoms with Gasteiger partial charge in [-0.1, -0.05) is 23.7 Å². The number of carbonyl (C=O) groups excluding carboxylic acids is 2. The lowest BCUT2D eigenvalue weighted by molar-refractivity contribution is -0.683. The molecule has 0 radical (unpaired) electrons. The van der Waals surface area contributed by atoms with Gasteiger partial charge in [-0.25, -0.2) is 0 Å². The molecule has 0 aliphatic carbocycles. The zero-order valence-corrected chi connectivity index (χ0v) is 14.9. The highest BCUT2D eigenvalue weighted by atomic mass is 35.5. The molecular weight excluding hydrogens is 336 g/mol. The van der Waals surface area contributed by atoms with E-state index >= 15 is 0 Å². The summed E-state index contributed by atoms with van der Waals surface area (Å²) in [5.41, 5.74) is 1.13. The summed E-state index contributed by atoms with van der Waals surface area (Å²) in [4.78, 5) is 25.7. The molecule has 1 heterocycles. The van der Waals surface area contributed by atoms with Crippen molar-refractivity contribution in [1.82, 2.24) is 4.90 Å². The number of benzene rings is 1. The number of halogens is 1. The standard InChI is InChI=1S/C16H21ClN2O3S/c1-11(12-3-5-13(17)6-4-12)18-9-15(20)19-7-8-23-14(10-19)16(21)22-2/h3-6,11,14,18H,7-10H2,1-2H3/p+1/t11-,14-/m0/s1. The lowest BCUT2D eigenvalue weighted by atomic mass is 10.1. The van der Waals surface area contributed by atoms with Crippen LogP contribution in [-0.2, 0) is 14.3 Å². The van der Waals surface area contributed by atoms with Gasteiger partial charge in [-0.3, -0.25) is 9.59 Å². The quantitative estimate of drug-likeness (QED) is 0.801. The monoisotopic (exact) mass is 357 g/mol. The van der Waals surface area contributed by atoms with E-state index in [0.717, 1.165) is 11.3 Å². The molecule has 1 aromatic rings. The van der Waals surface area contributed by atoms with Crippen LogP contribution in [0.25, 0.3) is 0 Å². The van der Waals surface area contributed by atoms with Gasteiger partial charge in [0.25, 0.3) is 5.91 Å². The highest BCUT2D eigenvalue weighted by molar-refractivity contribution is 8.00. The van der Waals surface area contributed by atoms with E-state index < -0.39 is 0 Å². The van der Waals surface area contributed by atoms with Crippen molar-refractivity contribution in [3.63, 3.8) is 0 Å². The molecule has 1 saturated heterocycles. The second kappa shape index (κ2) is 8.57. The number of rotatable bonds is 5. The van der Waals surface area contributed by atoms with Crippen LogP contribution in [0.3, 0.4) is 0 Å². The minimum atomic E-state index is -0.272. The van der Waals surface area contributed by atoms with Gasteiger partial charge in [0.05, 0.1) is 7.11 Å². The maximum absolute atomic E-state index is 12.4. The fraction of sp³-hybridized carbons (Fsp3) is 0.500. The van der Waals surface area contributed by atoms with Gasteiger partial charge in [-0.2, -0.15) is 0 Å². The number of amides is 1. The summed E-state index contributed by atoms with van der Waals surface area (Å²) in [6, 6.07) is 7.82. The molecule has 0 saturated carbocycles. The van der Waals surface area contributed by atoms with Gasteiger partial charge in [0.1, 0.15) is 11.3 Å². The Balaban J connectivity index is 1.84. The molecule has 5 nitrogen and oxygen atoms in total. The van der Waals surface area contributed by atoms with Crippen molar-refractivity contribution < 1.29 is 19.6 Å². The number of nitrogens with two attached hydrogens (primary N) is 1. The molecule has 0 spiro atoms. The second-order valence-electron chi connectivity index (χ2n) is 5.50. The van der Waals surface area contributed by atoms with Crippen molar-refractivity contribution in [3.8, 4) is 0 Å². The van der Waals surface area contributed by atoms with Gasteiger partial charge >= 0.3 is 5.97 Å². The fourth-order valence-electron chi connectivity index (χ4n) is 2.46. The van der Waals surface area contributed by atoms with Crippen molar-refractivity contribution in [2.75, 3.05) is 32.5 Å². The normalized spacial score (nSPS) is 19.3. The maximum atomic E-state index is 12.4. The average Bonchev–Trinajstić information content (AvgIpc) is 2.59. The Morgan fingerprint density at radius 1 is 1.43 bits per heavy atom. The molecule has 7 heteroatoms. The van der Waals surface area contributed by atoms with Crippen LogP contribution in [0, 0.1) is 0 Å². The number of hydrogen-bond acceptors (Lipinski definition) is 4. The Kier molecular flexibility index (Phi) is 6.74. The highest BCUT2D eigenvalue weighted by Crippen LogP contribution is 2.19. The smallest absolute Gasteiger partial charge is 0.320 e. The first-order chi connectivity index (χ1) is 11.0. The zero-order chi connectivity index (χ0) is 16.8. The van der Waals surface area contributed by atoms with Crippen molar-refractivity contribution in [3.05, 3.63) is 34.9 Å². The van der Waals surface area contributed by atoms with Crippen LogP contribution in [0.2, 0.25) is 5.02 Å². The Labute approximate surface area is 145 Å². The Bertz CT molecular complexity index is 553. The van der Waals surface area contributed by atoms with Gasteiger partial charge in [-0.15, -0.1) is 11.8 Å². The third-order valence-corrected chi connectivity index (χ3v) is 5.34. The van der Waals surface area contributed by atoms with Gasteiger partial charge < -0.3 is 15.0 Å². The SMILES string of the molecule is COC(=O)[C@@H]1CN(C(=O)C[NH2+][C@@H](C)c2ccc(Cl)cc2)CCS1. The second-order valence-corrected chi connectivity index (χ2v) is 7.25. The summed E-state index contributed by atoms with van der Waals surface area (Å²) in [7, 11) is 1.38. The van der Waals surface area contributed by atoms with Crippen LogP contribution in [0.1, 0.15) is 18.5 Å². The molecule has 1 amide bonds. The number of esters is 1. The minimum Gasteiger partial charge on any atom is -0.468 e. The first-order valence-corrected chi connectivity index (χ1v) is 9.00. The van der Waals surface area contributed by atoms with E-state index in [2.05, 4.69) is 6.92 Å². The van der Waals surface area contributed by atoms with Gasteiger partial charge in [0, 0.05) is 29.4 Å². The van der Waals surface area contributed by atoms with Crippen molar-refractivity contribution >= 4 is 35.2 Å². The summed E-state index contributed by atoms with van der Waals surface area (Å²) in [6.45, 7) is 3.53. The van der Waals surface area contributed by atoms with Crippen LogP contribution in [0.4, 0.5) is 0 Å². The zero-order valence-electron chi connectivity index (χ0n) is 13.3. The first kappa shape index (κ1) is 18.1. The molecule has 23 heavy (non-hydrogen) atoms. The van der Waals surface area contributed by atoms with Crippen molar-refractivity contribution in [2.45, 2.75) is 18.2 Å². The van der Waals surface area contributed by atoms with Crippen molar-refractivity contribution in [1.29, 1.82) is 0 Å². The molecular formula is C16H22ClN2O3S+. The molecule has 1 aliphatic heterocycles. The van der Waals surface area contributed by atoms with E-state index in [-0.39, 0.29) is 23.2 Å². The van der Waals surface area contributed by atoms with Gasteiger partial charge in [0.2, 0.25) is 0 Å². The summed E-state index contributed by atoms with van der Waals surface area (Å²) >= 11 is 7.43. The molecule has 2 atom stereocenters. The fourth-order valence-corrected chi connectivity index (χ4v) is 3.71. The molecule has 2 rings (SSSR count). The number of hydrogen-bond donors (Lipinski definition) is 1. The van der Waals surface area contributed by atoms with E-state index in [0.29, 0.717) is 24.7 Å². The number of carbonyl (C=O) groups is 2. The Hall–Kier alpha value is -1.24. The summed E-state index contributed by atoms with van der Waals surface area (Å²) < 4.78 is 4.77. The molecule has 1 aromatic carbocycles. The molecule has 126 valence electrons. The van der Waals surface area contributed by atoms with Crippen LogP contribution >= 0.6 is 23.4 Å². The third kappa shape index (κ3) is 5.12. The Morgan fingerprint density at radius 3 is 2.78 bits per heavy atom. The van der Waals surface area contributed by atoms with E-state index in [4.69, 9.17) is 16.3 Å². The van der Waals surface area contributed by atoms with E-state index in [9.17, 15) is 9.59 Å². The van der Waals surface area contributed by atoms with Crippen LogP contribution < -0.4 is 5.32 Å². The molecule has 1 aliphatic rings.